The number of halogens is 1. The fourth-order valence-electron chi connectivity index (χ4n) is 1.60. The lowest BCUT2D eigenvalue weighted by Crippen LogP contribution is -2.37. The molecule has 1 N–H and O–H groups in total. The first-order valence-electron chi connectivity index (χ1n) is 5.19. The molecule has 3 nitrogen and oxygen atoms in total. The molecule has 0 radical (unpaired) electrons. The molecule has 0 unspecified atom stereocenters. The third kappa shape index (κ3) is 2.67. The van der Waals surface area contributed by atoms with Crippen molar-refractivity contribution in [3.63, 3.8) is 0 Å². The van der Waals surface area contributed by atoms with E-state index in [2.05, 4.69) is 0 Å². The Labute approximate surface area is 101 Å². The first-order chi connectivity index (χ1) is 7.47. The van der Waals surface area contributed by atoms with Gasteiger partial charge in [-0.15, -0.1) is 0 Å². The van der Waals surface area contributed by atoms with Gasteiger partial charge in [0.1, 0.15) is 6.04 Å². The maximum absolute atomic E-state index is 11.0. The van der Waals surface area contributed by atoms with Crippen LogP contribution in [0.25, 0.3) is 0 Å². The summed E-state index contributed by atoms with van der Waals surface area (Å²) in [5.74, 6) is -0.818. The van der Waals surface area contributed by atoms with Gasteiger partial charge in [-0.1, -0.05) is 24.6 Å². The number of aliphatic carboxylic acids is 1. The van der Waals surface area contributed by atoms with Crippen molar-refractivity contribution >= 4 is 23.3 Å². The number of rotatable bonds is 4. The van der Waals surface area contributed by atoms with Gasteiger partial charge in [0, 0.05) is 17.8 Å². The number of benzene rings is 1. The summed E-state index contributed by atoms with van der Waals surface area (Å²) in [5.41, 5.74) is 1.81. The van der Waals surface area contributed by atoms with Crippen LogP contribution in [-0.4, -0.2) is 24.2 Å². The SMILES string of the molecule is CC[C@H](C(=O)O)N(C)c1ccc(C)c(Cl)c1. The van der Waals surface area contributed by atoms with Crippen molar-refractivity contribution in [1.82, 2.24) is 0 Å². The second-order valence-corrected chi connectivity index (χ2v) is 4.21. The Morgan fingerprint density at radius 2 is 2.19 bits per heavy atom. The number of hydrogen-bond donors (Lipinski definition) is 1. The molecular weight excluding hydrogens is 226 g/mol. The first kappa shape index (κ1) is 12.8. The van der Waals surface area contributed by atoms with Crippen LogP contribution in [0.3, 0.4) is 0 Å². The van der Waals surface area contributed by atoms with E-state index in [1.165, 1.54) is 0 Å². The number of likely N-dealkylation sites (N-methyl/N-ethyl adjacent to an activating group) is 1. The zero-order valence-corrected chi connectivity index (χ0v) is 10.5. The molecule has 16 heavy (non-hydrogen) atoms. The number of carbonyl (C=O) groups is 1. The molecule has 0 aliphatic rings. The summed E-state index contributed by atoms with van der Waals surface area (Å²) in [7, 11) is 1.77. The summed E-state index contributed by atoms with van der Waals surface area (Å²) in [6, 6.07) is 5.05. The van der Waals surface area contributed by atoms with E-state index in [1.54, 1.807) is 18.0 Å². The lowest BCUT2D eigenvalue weighted by molar-refractivity contribution is -0.138. The van der Waals surface area contributed by atoms with E-state index in [0.717, 1.165) is 11.3 Å². The van der Waals surface area contributed by atoms with Crippen molar-refractivity contribution in [1.29, 1.82) is 0 Å². The van der Waals surface area contributed by atoms with Crippen LogP contribution >= 0.6 is 11.6 Å². The van der Waals surface area contributed by atoms with Crippen LogP contribution in [-0.2, 0) is 4.79 Å². The normalized spacial score (nSPS) is 12.2. The van der Waals surface area contributed by atoms with E-state index >= 15 is 0 Å². The molecule has 1 aromatic carbocycles. The summed E-state index contributed by atoms with van der Waals surface area (Å²) < 4.78 is 0. The molecule has 0 aromatic heterocycles. The summed E-state index contributed by atoms with van der Waals surface area (Å²) in [5, 5.41) is 9.71. The molecule has 1 atom stereocenters. The second kappa shape index (κ2) is 5.21. The molecule has 4 heteroatoms. The Bertz CT molecular complexity index is 393. The number of nitrogens with zero attached hydrogens (tertiary/aromatic N) is 1. The standard InChI is InChI=1S/C12H16ClNO2/c1-4-11(12(15)16)14(3)9-6-5-8(2)10(13)7-9/h5-7,11H,4H2,1-3H3,(H,15,16)/t11-/m1/s1. The Morgan fingerprint density at radius 3 is 2.62 bits per heavy atom. The van der Waals surface area contributed by atoms with Gasteiger partial charge >= 0.3 is 5.97 Å². The van der Waals surface area contributed by atoms with Gasteiger partial charge in [0.05, 0.1) is 0 Å². The molecule has 0 saturated heterocycles. The maximum atomic E-state index is 11.0. The van der Waals surface area contributed by atoms with Crippen molar-refractivity contribution in [3.05, 3.63) is 28.8 Å². The third-order valence-corrected chi connectivity index (χ3v) is 3.11. The molecule has 1 aromatic rings. The predicted octanol–water partition coefficient (Wildman–Crippen LogP) is 2.95. The molecule has 0 spiro atoms. The molecule has 88 valence electrons. The van der Waals surface area contributed by atoms with E-state index in [1.807, 2.05) is 26.0 Å². The van der Waals surface area contributed by atoms with Crippen molar-refractivity contribution in [2.24, 2.45) is 0 Å². The van der Waals surface area contributed by atoms with Crippen LogP contribution in [0.15, 0.2) is 18.2 Å². The van der Waals surface area contributed by atoms with E-state index in [0.29, 0.717) is 11.4 Å². The van der Waals surface area contributed by atoms with Crippen molar-refractivity contribution in [2.45, 2.75) is 26.3 Å². The monoisotopic (exact) mass is 241 g/mol. The summed E-state index contributed by atoms with van der Waals surface area (Å²) in [6.45, 7) is 3.77. The maximum Gasteiger partial charge on any atom is 0.326 e. The fraction of sp³-hybridized carbons (Fsp3) is 0.417. The molecular formula is C12H16ClNO2. The number of carboxylic acid groups (broad SMARTS) is 1. The average Bonchev–Trinajstić information content (AvgIpc) is 2.22. The average molecular weight is 242 g/mol. The Morgan fingerprint density at radius 1 is 1.56 bits per heavy atom. The van der Waals surface area contributed by atoms with Gasteiger partial charge in [0.25, 0.3) is 0 Å². The minimum absolute atomic E-state index is 0.515. The molecule has 0 aliphatic carbocycles. The van der Waals surface area contributed by atoms with Crippen LogP contribution < -0.4 is 4.90 Å². The molecule has 0 heterocycles. The zero-order chi connectivity index (χ0) is 12.3. The van der Waals surface area contributed by atoms with Crippen LogP contribution in [0.1, 0.15) is 18.9 Å². The summed E-state index contributed by atoms with van der Waals surface area (Å²) in [4.78, 5) is 12.8. The van der Waals surface area contributed by atoms with Crippen molar-refractivity contribution < 1.29 is 9.90 Å². The highest BCUT2D eigenvalue weighted by molar-refractivity contribution is 6.31. The third-order valence-electron chi connectivity index (χ3n) is 2.70. The predicted molar refractivity (Wildman–Crippen MR) is 66.3 cm³/mol. The quantitative estimate of drug-likeness (QED) is 0.881. The van der Waals surface area contributed by atoms with Gasteiger partial charge < -0.3 is 10.0 Å². The molecule has 0 amide bonds. The van der Waals surface area contributed by atoms with E-state index < -0.39 is 12.0 Å². The molecule has 1 rings (SSSR count). The number of carboxylic acids is 1. The fourth-order valence-corrected chi connectivity index (χ4v) is 1.77. The lowest BCUT2D eigenvalue weighted by Gasteiger charge is -2.26. The van der Waals surface area contributed by atoms with Crippen molar-refractivity contribution in [2.75, 3.05) is 11.9 Å². The summed E-state index contributed by atoms with van der Waals surface area (Å²) in [6.07, 6.45) is 0.553. The van der Waals surface area contributed by atoms with Gasteiger partial charge in [0.15, 0.2) is 0 Å². The molecule has 0 fully saturated rings. The highest BCUT2D eigenvalue weighted by atomic mass is 35.5. The zero-order valence-electron chi connectivity index (χ0n) is 9.70. The topological polar surface area (TPSA) is 40.5 Å². The van der Waals surface area contributed by atoms with Crippen molar-refractivity contribution in [3.8, 4) is 0 Å². The highest BCUT2D eigenvalue weighted by Crippen LogP contribution is 2.24. The number of anilines is 1. The minimum Gasteiger partial charge on any atom is -0.480 e. The first-order valence-corrected chi connectivity index (χ1v) is 5.57. The molecule has 0 saturated carbocycles. The van der Waals surface area contributed by atoms with Crippen LogP contribution in [0.4, 0.5) is 5.69 Å². The van der Waals surface area contributed by atoms with E-state index in [-0.39, 0.29) is 0 Å². The van der Waals surface area contributed by atoms with Gasteiger partial charge in [0.2, 0.25) is 0 Å². The summed E-state index contributed by atoms with van der Waals surface area (Å²) >= 11 is 6.01. The van der Waals surface area contributed by atoms with E-state index in [9.17, 15) is 4.79 Å². The lowest BCUT2D eigenvalue weighted by atomic mass is 10.1. The Kier molecular flexibility index (Phi) is 4.19. The number of aryl methyl sites for hydroxylation is 1. The highest BCUT2D eigenvalue weighted by Gasteiger charge is 2.20. The second-order valence-electron chi connectivity index (χ2n) is 3.81. The Hall–Kier alpha value is -1.22. The van der Waals surface area contributed by atoms with E-state index in [4.69, 9.17) is 16.7 Å². The van der Waals surface area contributed by atoms with Gasteiger partial charge in [-0.2, -0.15) is 0 Å². The van der Waals surface area contributed by atoms with Crippen LogP contribution in [0.2, 0.25) is 5.02 Å². The Balaban J connectivity index is 2.99. The largest absolute Gasteiger partial charge is 0.480 e. The van der Waals surface area contributed by atoms with Gasteiger partial charge in [-0.3, -0.25) is 0 Å². The smallest absolute Gasteiger partial charge is 0.326 e. The van der Waals surface area contributed by atoms with Gasteiger partial charge in [-0.05, 0) is 31.0 Å². The van der Waals surface area contributed by atoms with Crippen LogP contribution in [0, 0.1) is 6.92 Å². The number of hydrogen-bond acceptors (Lipinski definition) is 2. The minimum atomic E-state index is -0.818. The van der Waals surface area contributed by atoms with Crippen LogP contribution in [0.5, 0.6) is 0 Å². The molecule has 0 bridgehead atoms. The van der Waals surface area contributed by atoms with Gasteiger partial charge in [-0.25, -0.2) is 4.79 Å². The molecule has 0 aliphatic heterocycles.